The molecule has 188 valence electrons. The van der Waals surface area contributed by atoms with Gasteiger partial charge in [-0.25, -0.2) is 0 Å². The van der Waals surface area contributed by atoms with E-state index >= 15 is 0 Å². The predicted molar refractivity (Wildman–Crippen MR) is 131 cm³/mol. The summed E-state index contributed by atoms with van der Waals surface area (Å²) in [7, 11) is -2.05. The van der Waals surface area contributed by atoms with Crippen molar-refractivity contribution in [3.05, 3.63) is 53.6 Å². The number of hydrogen-bond acceptors (Lipinski definition) is 8. The second-order valence-corrected chi connectivity index (χ2v) is 10.3. The molecule has 0 amide bonds. The van der Waals surface area contributed by atoms with E-state index in [4.69, 9.17) is 14.0 Å². The molecule has 1 fully saturated rings. The molecule has 1 aliphatic rings. The Morgan fingerprint density at radius 2 is 1.76 bits per heavy atom. The molecule has 0 aliphatic heterocycles. The number of aromatic hydroxyl groups is 1. The summed E-state index contributed by atoms with van der Waals surface area (Å²) in [6.07, 6.45) is 5.59. The lowest BCUT2D eigenvalue weighted by Gasteiger charge is -2.20. The van der Waals surface area contributed by atoms with Gasteiger partial charge < -0.3 is 30.1 Å². The Morgan fingerprint density at radius 3 is 2.50 bits per heavy atom. The Balaban J connectivity index is 1.27. The van der Waals surface area contributed by atoms with Gasteiger partial charge in [-0.15, -0.1) is 0 Å². The highest BCUT2D eigenvalue weighted by Gasteiger charge is 2.20. The van der Waals surface area contributed by atoms with Crippen LogP contribution >= 0.6 is 8.03 Å². The molecule has 4 N–H and O–H groups in total. The second kappa shape index (κ2) is 14.3. The maximum Gasteiger partial charge on any atom is 0.197 e. The molecule has 0 bridgehead atoms. The summed E-state index contributed by atoms with van der Waals surface area (Å²) in [5, 5.41) is 32.0. The van der Waals surface area contributed by atoms with Gasteiger partial charge in [0, 0.05) is 17.8 Å². The second-order valence-electron chi connectivity index (χ2n) is 8.57. The first-order valence-electron chi connectivity index (χ1n) is 11.9. The zero-order valence-corrected chi connectivity index (χ0v) is 20.4. The van der Waals surface area contributed by atoms with Crippen LogP contribution < -0.4 is 14.8 Å². The summed E-state index contributed by atoms with van der Waals surface area (Å²) in [5.41, 5.74) is 1.71. The summed E-state index contributed by atoms with van der Waals surface area (Å²) in [4.78, 5) is 0. The number of phenols is 1. The Kier molecular flexibility index (Phi) is 11.2. The molecule has 1 aliphatic carbocycles. The van der Waals surface area contributed by atoms with Crippen molar-refractivity contribution < 1.29 is 33.9 Å². The Hall–Kier alpha value is -2.09. The third-order valence-electron chi connectivity index (χ3n) is 5.92. The van der Waals surface area contributed by atoms with Crippen LogP contribution in [0.4, 0.5) is 0 Å². The maximum atomic E-state index is 12.2. The number of benzene rings is 2. The molecule has 0 saturated heterocycles. The van der Waals surface area contributed by atoms with Gasteiger partial charge in [0.2, 0.25) is 0 Å². The van der Waals surface area contributed by atoms with Crippen molar-refractivity contribution in [1.82, 2.24) is 5.32 Å². The Bertz CT molecular complexity index is 887. The molecule has 2 aromatic rings. The first kappa shape index (κ1) is 26.5. The summed E-state index contributed by atoms with van der Waals surface area (Å²) in [6.45, 7) is 0.905. The van der Waals surface area contributed by atoms with E-state index in [-0.39, 0.29) is 31.4 Å². The van der Waals surface area contributed by atoms with Crippen LogP contribution in [0.3, 0.4) is 0 Å². The van der Waals surface area contributed by atoms with E-state index in [0.717, 1.165) is 37.7 Å². The van der Waals surface area contributed by atoms with Crippen LogP contribution in [0, 0.1) is 0 Å². The standard InChI is InChI=1S/C25H36NO7P/c27-16-20-14-23(10-11-25(20)29)31-17-21(28)15-26-13-12-19-6-8-22(9-7-19)32-18-33-34(30)24-4-2-1-3-5-24/h6-11,14,21,24,26-29,34H,1-5,12-13,15-18H2. The van der Waals surface area contributed by atoms with Crippen LogP contribution in [0.15, 0.2) is 42.5 Å². The highest BCUT2D eigenvalue weighted by molar-refractivity contribution is 7.40. The van der Waals surface area contributed by atoms with E-state index in [0.29, 0.717) is 30.2 Å². The zero-order chi connectivity index (χ0) is 24.2. The van der Waals surface area contributed by atoms with Crippen LogP contribution in [0.25, 0.3) is 0 Å². The SMILES string of the molecule is O=[PH](OCOc1ccc(CCNCC(O)COc2ccc(O)c(CO)c2)cc1)C1CCCCC1. The lowest BCUT2D eigenvalue weighted by molar-refractivity contribution is 0.106. The van der Waals surface area contributed by atoms with E-state index in [1.807, 2.05) is 24.3 Å². The van der Waals surface area contributed by atoms with Gasteiger partial charge in [0.1, 0.15) is 30.0 Å². The van der Waals surface area contributed by atoms with Gasteiger partial charge in [0.05, 0.1) is 6.61 Å². The average molecular weight is 494 g/mol. The third-order valence-corrected chi connectivity index (χ3v) is 7.57. The van der Waals surface area contributed by atoms with Crippen molar-refractivity contribution in [2.24, 2.45) is 0 Å². The lowest BCUT2D eigenvalue weighted by Crippen LogP contribution is -2.32. The molecule has 2 atom stereocenters. The number of aliphatic hydroxyl groups is 2. The molecule has 0 spiro atoms. The fourth-order valence-electron chi connectivity index (χ4n) is 3.90. The molecular formula is C25H36NO7P. The molecule has 2 unspecified atom stereocenters. The molecule has 2 aromatic carbocycles. The molecule has 8 nitrogen and oxygen atoms in total. The first-order chi connectivity index (χ1) is 16.5. The minimum Gasteiger partial charge on any atom is -0.508 e. The fraction of sp³-hybridized carbons (Fsp3) is 0.520. The lowest BCUT2D eigenvalue weighted by atomic mass is 10.0. The van der Waals surface area contributed by atoms with Gasteiger partial charge in [0.15, 0.2) is 14.8 Å². The van der Waals surface area contributed by atoms with Gasteiger partial charge in [0.25, 0.3) is 0 Å². The molecule has 0 radical (unpaired) electrons. The van der Waals surface area contributed by atoms with Crippen molar-refractivity contribution in [3.63, 3.8) is 0 Å². The van der Waals surface area contributed by atoms with E-state index in [9.17, 15) is 19.9 Å². The minimum atomic E-state index is -2.05. The third kappa shape index (κ3) is 8.93. The van der Waals surface area contributed by atoms with Crippen LogP contribution in [-0.2, 0) is 22.1 Å². The molecular weight excluding hydrogens is 457 g/mol. The summed E-state index contributed by atoms with van der Waals surface area (Å²) >= 11 is 0. The Morgan fingerprint density at radius 1 is 1.03 bits per heavy atom. The largest absolute Gasteiger partial charge is 0.508 e. The minimum absolute atomic E-state index is 0.0111. The molecule has 9 heteroatoms. The average Bonchev–Trinajstić information content (AvgIpc) is 2.87. The van der Waals surface area contributed by atoms with Crippen LogP contribution in [0.2, 0.25) is 0 Å². The molecule has 3 rings (SSSR count). The fourth-order valence-corrected chi connectivity index (χ4v) is 5.19. The van der Waals surface area contributed by atoms with E-state index < -0.39 is 14.1 Å². The Labute approximate surface area is 201 Å². The van der Waals surface area contributed by atoms with Gasteiger partial charge >= 0.3 is 0 Å². The van der Waals surface area contributed by atoms with E-state index in [1.54, 1.807) is 12.1 Å². The van der Waals surface area contributed by atoms with Gasteiger partial charge in [-0.05, 0) is 61.7 Å². The molecule has 1 saturated carbocycles. The number of nitrogens with one attached hydrogen (secondary N) is 1. The topological polar surface area (TPSA) is 117 Å². The smallest absolute Gasteiger partial charge is 0.197 e. The number of ether oxygens (including phenoxy) is 2. The molecule has 0 heterocycles. The van der Waals surface area contributed by atoms with Crippen molar-refractivity contribution in [2.45, 2.75) is 56.9 Å². The van der Waals surface area contributed by atoms with Gasteiger partial charge in [-0.3, -0.25) is 9.09 Å². The van der Waals surface area contributed by atoms with Crippen molar-refractivity contribution in [3.8, 4) is 17.2 Å². The summed E-state index contributed by atoms with van der Waals surface area (Å²) < 4.78 is 28.8. The van der Waals surface area contributed by atoms with Crippen LogP contribution in [0.5, 0.6) is 17.2 Å². The normalized spacial score (nSPS) is 16.2. The highest BCUT2D eigenvalue weighted by Crippen LogP contribution is 2.39. The zero-order valence-electron chi connectivity index (χ0n) is 19.4. The molecule has 0 aromatic heterocycles. The van der Waals surface area contributed by atoms with E-state index in [1.165, 1.54) is 12.5 Å². The summed E-state index contributed by atoms with van der Waals surface area (Å²) in [5.74, 6) is 1.17. The predicted octanol–water partition coefficient (Wildman–Crippen LogP) is 3.62. The van der Waals surface area contributed by atoms with Crippen LogP contribution in [0.1, 0.15) is 43.2 Å². The highest BCUT2D eigenvalue weighted by atomic mass is 31.1. The summed E-state index contributed by atoms with van der Waals surface area (Å²) in [6, 6.07) is 12.3. The number of aliphatic hydroxyl groups excluding tert-OH is 2. The van der Waals surface area contributed by atoms with Gasteiger partial charge in [-0.2, -0.15) is 0 Å². The van der Waals surface area contributed by atoms with E-state index in [2.05, 4.69) is 5.32 Å². The first-order valence-corrected chi connectivity index (χ1v) is 13.3. The van der Waals surface area contributed by atoms with Crippen molar-refractivity contribution >= 4 is 8.03 Å². The molecule has 34 heavy (non-hydrogen) atoms. The van der Waals surface area contributed by atoms with Crippen molar-refractivity contribution in [2.75, 3.05) is 26.5 Å². The maximum absolute atomic E-state index is 12.2. The number of hydrogen-bond donors (Lipinski definition) is 4. The quantitative estimate of drug-likeness (QED) is 0.179. The van der Waals surface area contributed by atoms with Gasteiger partial charge in [-0.1, -0.05) is 31.4 Å². The van der Waals surface area contributed by atoms with Crippen molar-refractivity contribution in [1.29, 1.82) is 0 Å². The monoisotopic (exact) mass is 493 g/mol. The van der Waals surface area contributed by atoms with Crippen LogP contribution in [-0.4, -0.2) is 53.6 Å². The number of rotatable bonds is 14.